The minimum absolute atomic E-state index is 0.224. The summed E-state index contributed by atoms with van der Waals surface area (Å²) in [6, 6.07) is 7.61. The number of methoxy groups -OCH3 is 1. The number of halogens is 1. The zero-order chi connectivity index (χ0) is 45.6. The van der Waals surface area contributed by atoms with Crippen molar-refractivity contribution in [2.45, 2.75) is 88.7 Å². The van der Waals surface area contributed by atoms with E-state index in [9.17, 15) is 0 Å². The van der Waals surface area contributed by atoms with Crippen LogP contribution in [0.15, 0.2) is 43.1 Å². The van der Waals surface area contributed by atoms with Gasteiger partial charge in [-0.1, -0.05) is 17.7 Å². The van der Waals surface area contributed by atoms with Crippen LogP contribution in [0.4, 0.5) is 11.6 Å². The smallest absolute Gasteiger partial charge is 0.256 e. The van der Waals surface area contributed by atoms with Crippen LogP contribution in [0.3, 0.4) is 0 Å². The maximum Gasteiger partial charge on any atom is 0.256 e. The second-order valence-electron chi connectivity index (χ2n) is 16.6. The number of ether oxygens (including phenoxy) is 10. The topological polar surface area (TPSA) is 195 Å². The lowest BCUT2D eigenvalue weighted by Gasteiger charge is -2.43. The van der Waals surface area contributed by atoms with Crippen LogP contribution < -0.4 is 14.8 Å². The van der Waals surface area contributed by atoms with Crippen LogP contribution >= 0.6 is 11.6 Å². The van der Waals surface area contributed by atoms with Crippen molar-refractivity contribution in [2.75, 3.05) is 118 Å². The molecule has 1 saturated carbocycles. The molecule has 0 radical (unpaired) electrons. The highest BCUT2D eigenvalue weighted by atomic mass is 35.5. The van der Waals surface area contributed by atoms with Crippen molar-refractivity contribution in [3.63, 3.8) is 0 Å². The van der Waals surface area contributed by atoms with E-state index in [4.69, 9.17) is 64.1 Å². The van der Waals surface area contributed by atoms with E-state index in [2.05, 4.69) is 40.4 Å². The quantitative estimate of drug-likeness (QED) is 0.0639. The van der Waals surface area contributed by atoms with Gasteiger partial charge < -0.3 is 52.7 Å². The van der Waals surface area contributed by atoms with Gasteiger partial charge >= 0.3 is 0 Å². The maximum absolute atomic E-state index is 6.51. The van der Waals surface area contributed by atoms with Gasteiger partial charge in [-0.25, -0.2) is 14.6 Å². The zero-order valence-corrected chi connectivity index (χ0v) is 39.1. The molecular formula is C45H67ClN10O10. The third kappa shape index (κ3) is 15.7. The van der Waals surface area contributed by atoms with Gasteiger partial charge in [0.05, 0.1) is 123 Å². The number of hydrogen-bond acceptors (Lipinski definition) is 18. The first-order valence-electron chi connectivity index (χ1n) is 23.3. The minimum atomic E-state index is -0.224. The molecule has 2 aliphatic heterocycles. The molecule has 4 aromatic rings. The minimum Gasteiger partial charge on any atom is -0.487 e. The fourth-order valence-electron chi connectivity index (χ4n) is 8.52. The molecule has 1 aliphatic carbocycles. The molecule has 1 aromatic carbocycles. The Morgan fingerprint density at radius 2 is 1.32 bits per heavy atom. The normalized spacial score (nSPS) is 20.2. The van der Waals surface area contributed by atoms with E-state index in [1.807, 2.05) is 25.3 Å². The Labute approximate surface area is 392 Å². The number of fused-ring (bicyclic) bond motifs is 2. The maximum atomic E-state index is 6.51. The molecule has 364 valence electrons. The van der Waals surface area contributed by atoms with E-state index in [1.54, 1.807) is 36.6 Å². The van der Waals surface area contributed by atoms with Crippen molar-refractivity contribution < 1.29 is 47.4 Å². The van der Waals surface area contributed by atoms with E-state index < -0.39 is 0 Å². The van der Waals surface area contributed by atoms with Gasteiger partial charge in [-0.05, 0) is 73.6 Å². The van der Waals surface area contributed by atoms with Gasteiger partial charge in [-0.3, -0.25) is 9.58 Å². The molecule has 3 aromatic heterocycles. The van der Waals surface area contributed by atoms with E-state index in [-0.39, 0.29) is 12.1 Å². The third-order valence-electron chi connectivity index (χ3n) is 11.7. The molecular weight excluding hydrogens is 876 g/mol. The molecule has 0 spiro atoms. The summed E-state index contributed by atoms with van der Waals surface area (Å²) in [4.78, 5) is 12.1. The summed E-state index contributed by atoms with van der Waals surface area (Å²) in [5.74, 6) is 1.48. The van der Waals surface area contributed by atoms with Gasteiger partial charge in [0, 0.05) is 56.2 Å². The number of nitrogens with zero attached hydrogens (tertiary/aromatic N) is 9. The van der Waals surface area contributed by atoms with E-state index in [0.29, 0.717) is 152 Å². The molecule has 7 rings (SSSR count). The monoisotopic (exact) mass is 942 g/mol. The lowest BCUT2D eigenvalue weighted by molar-refractivity contribution is -0.0458. The summed E-state index contributed by atoms with van der Waals surface area (Å²) >= 11 is 6.51. The van der Waals surface area contributed by atoms with Crippen molar-refractivity contribution in [3.05, 3.63) is 48.1 Å². The summed E-state index contributed by atoms with van der Waals surface area (Å²) in [6.45, 7) is 11.3. The Hall–Kier alpha value is -4.09. The molecule has 3 aliphatic rings. The van der Waals surface area contributed by atoms with E-state index in [0.717, 1.165) is 50.0 Å². The molecule has 2 saturated heterocycles. The van der Waals surface area contributed by atoms with Crippen LogP contribution in [0.1, 0.15) is 57.9 Å². The highest BCUT2D eigenvalue weighted by Gasteiger charge is 2.42. The van der Waals surface area contributed by atoms with Crippen LogP contribution in [0.2, 0.25) is 5.02 Å². The third-order valence-corrected chi connectivity index (χ3v) is 12.1. The number of rotatable bonds is 32. The summed E-state index contributed by atoms with van der Waals surface area (Å²) in [5, 5.41) is 20.1. The fraction of sp³-hybridized carbons (Fsp3) is 0.689. The zero-order valence-electron chi connectivity index (χ0n) is 38.4. The number of morpholine rings is 1. The van der Waals surface area contributed by atoms with Gasteiger partial charge in [0.15, 0.2) is 0 Å². The van der Waals surface area contributed by atoms with Crippen molar-refractivity contribution in [3.8, 4) is 22.8 Å². The Balaban J connectivity index is 0.834. The largest absolute Gasteiger partial charge is 0.487 e. The highest BCUT2D eigenvalue weighted by molar-refractivity contribution is 6.32. The summed E-state index contributed by atoms with van der Waals surface area (Å²) in [5.41, 5.74) is 2.38. The van der Waals surface area contributed by atoms with Gasteiger partial charge in [0.25, 0.3) is 5.88 Å². The van der Waals surface area contributed by atoms with Crippen LogP contribution in [-0.4, -0.2) is 182 Å². The number of nitrogens with one attached hydrogen (secondary N) is 1. The van der Waals surface area contributed by atoms with Gasteiger partial charge in [-0.15, -0.1) is 10.2 Å². The average molecular weight is 944 g/mol. The summed E-state index contributed by atoms with van der Waals surface area (Å²) in [6.07, 6.45) is 14.5. The highest BCUT2D eigenvalue weighted by Crippen LogP contribution is 2.40. The molecule has 1 N–H and O–H groups in total. The Kier molecular flexibility index (Phi) is 20.9. The number of benzene rings is 1. The number of tetrazole rings is 1. The molecule has 66 heavy (non-hydrogen) atoms. The number of aromatic nitrogens is 8. The van der Waals surface area contributed by atoms with Crippen molar-refractivity contribution in [1.82, 2.24) is 44.9 Å². The van der Waals surface area contributed by atoms with Crippen LogP contribution in [0.5, 0.6) is 11.6 Å². The second-order valence-corrected chi connectivity index (χ2v) is 17.0. The van der Waals surface area contributed by atoms with Crippen molar-refractivity contribution in [1.29, 1.82) is 0 Å². The summed E-state index contributed by atoms with van der Waals surface area (Å²) in [7, 11) is 1.65. The Morgan fingerprint density at radius 1 is 0.727 bits per heavy atom. The van der Waals surface area contributed by atoms with Crippen LogP contribution in [-0.2, 0) is 44.4 Å². The predicted molar refractivity (Wildman–Crippen MR) is 244 cm³/mol. The van der Waals surface area contributed by atoms with Crippen molar-refractivity contribution >= 4 is 23.2 Å². The Morgan fingerprint density at radius 3 is 1.92 bits per heavy atom. The number of anilines is 2. The summed E-state index contributed by atoms with van der Waals surface area (Å²) < 4.78 is 60.3. The molecule has 0 amide bonds. The molecule has 2 bridgehead atoms. The predicted octanol–water partition coefficient (Wildman–Crippen LogP) is 5.05. The van der Waals surface area contributed by atoms with Crippen LogP contribution in [0.25, 0.3) is 11.1 Å². The van der Waals surface area contributed by atoms with E-state index >= 15 is 0 Å². The molecule has 3 fully saturated rings. The molecule has 21 heteroatoms. The SMILES string of the molecule is COCCOCCOCCOCCOCCOCCOCCCOc1nn([C@H]2CC[C@H](N3[C@@H]4CC[C@H]3COC4)CC2)cc1Nc1ncc(-c2ccc(Cl)c(O[C@@H](C)Cn3cnnn3)c2)cn1. The molecule has 20 nitrogen and oxygen atoms in total. The van der Waals surface area contributed by atoms with Gasteiger partial charge in [-0.2, -0.15) is 0 Å². The number of hydrogen-bond donors (Lipinski definition) is 1. The molecule has 3 atom stereocenters. The first-order chi connectivity index (χ1) is 32.5. The molecule has 5 heterocycles. The first kappa shape index (κ1) is 49.8. The standard InChI is InChI=1S/C45H67ClN10O10/c1-34(29-54-33-49-52-53-54)66-43-26-35(4-11-41(43)46)36-27-47-45(48-28-36)50-42-30-55(37-5-7-38(8-6-37)56-39-9-10-40(56)32-64-31-39)51-44(42)65-13-3-12-58-16-17-60-20-21-62-24-25-63-23-22-61-19-18-59-15-14-57-2/h4,11,26-28,30,33-34,37-40H,3,5-10,12-25,29,31-32H2,1-2H3,(H,47,48,50)/t34-,37-,38-,39-,40+/m0/s1. The van der Waals surface area contributed by atoms with E-state index in [1.165, 1.54) is 12.8 Å². The lowest BCUT2D eigenvalue weighted by atomic mass is 9.89. The second kappa shape index (κ2) is 27.7. The van der Waals surface area contributed by atoms with Crippen LogP contribution in [0, 0.1) is 0 Å². The van der Waals surface area contributed by atoms with Gasteiger partial charge in [0.2, 0.25) is 5.95 Å². The first-order valence-corrected chi connectivity index (χ1v) is 23.7. The van der Waals surface area contributed by atoms with Gasteiger partial charge in [0.1, 0.15) is 23.9 Å². The van der Waals surface area contributed by atoms with Crippen molar-refractivity contribution in [2.24, 2.45) is 0 Å². The average Bonchev–Trinajstić information content (AvgIpc) is 4.06. The Bertz CT molecular complexity index is 1930. The lowest BCUT2D eigenvalue weighted by Crippen LogP contribution is -2.52. The fourth-order valence-corrected chi connectivity index (χ4v) is 8.68. The molecule has 0 unspecified atom stereocenters.